The Hall–Kier alpha value is -0.680. The van der Waals surface area contributed by atoms with Crippen LogP contribution in [0.4, 0.5) is 10.2 Å². The molecule has 2 atom stereocenters. The first-order chi connectivity index (χ1) is 7.99. The van der Waals surface area contributed by atoms with Gasteiger partial charge in [0, 0.05) is 35.8 Å². The number of rotatable bonds is 1. The van der Waals surface area contributed by atoms with Crippen LogP contribution in [0.3, 0.4) is 0 Å². The summed E-state index contributed by atoms with van der Waals surface area (Å²) in [5, 5.41) is 0. The highest BCUT2D eigenvalue weighted by Gasteiger charge is 2.28. The van der Waals surface area contributed by atoms with E-state index in [1.165, 1.54) is 6.07 Å². The van der Waals surface area contributed by atoms with Crippen LogP contribution in [0.25, 0.3) is 0 Å². The average Bonchev–Trinajstić information content (AvgIpc) is 2.25. The van der Waals surface area contributed by atoms with Gasteiger partial charge in [-0.15, -0.1) is 0 Å². The predicted molar refractivity (Wildman–Crippen MR) is 70.8 cm³/mol. The standard InChI is InChI=1S/C12H17BrFN3/c1-8-6-17(7-9(2)16(8)3)12-11(14)4-10(13)5-15-12/h4-5,8-9H,6-7H2,1-3H3. The maximum atomic E-state index is 13.8. The molecule has 0 amide bonds. The SMILES string of the molecule is CC1CN(c2ncc(Br)cc2F)CC(C)N1C. The summed E-state index contributed by atoms with van der Waals surface area (Å²) >= 11 is 3.22. The van der Waals surface area contributed by atoms with Crippen molar-refractivity contribution in [2.75, 3.05) is 25.0 Å². The molecule has 2 unspecified atom stereocenters. The molecule has 0 N–H and O–H groups in total. The summed E-state index contributed by atoms with van der Waals surface area (Å²) < 4.78 is 14.5. The zero-order valence-electron chi connectivity index (χ0n) is 10.3. The van der Waals surface area contributed by atoms with Crippen molar-refractivity contribution in [1.82, 2.24) is 9.88 Å². The van der Waals surface area contributed by atoms with Crippen LogP contribution in [-0.4, -0.2) is 42.1 Å². The fraction of sp³-hybridized carbons (Fsp3) is 0.583. The minimum Gasteiger partial charge on any atom is -0.351 e. The van der Waals surface area contributed by atoms with Gasteiger partial charge in [0.25, 0.3) is 0 Å². The first-order valence-corrected chi connectivity index (χ1v) is 6.56. The summed E-state index contributed by atoms with van der Waals surface area (Å²) in [6, 6.07) is 2.28. The van der Waals surface area contributed by atoms with E-state index in [9.17, 15) is 4.39 Å². The molecular formula is C12H17BrFN3. The van der Waals surface area contributed by atoms with E-state index in [1.54, 1.807) is 6.20 Å². The molecule has 0 bridgehead atoms. The van der Waals surface area contributed by atoms with Gasteiger partial charge in [0.1, 0.15) is 0 Å². The number of halogens is 2. The molecule has 0 spiro atoms. The quantitative estimate of drug-likeness (QED) is 0.794. The molecular weight excluding hydrogens is 285 g/mol. The van der Waals surface area contributed by atoms with Crippen molar-refractivity contribution in [3.63, 3.8) is 0 Å². The number of likely N-dealkylation sites (N-methyl/N-ethyl adjacent to an activating group) is 1. The fourth-order valence-corrected chi connectivity index (χ4v) is 2.52. The van der Waals surface area contributed by atoms with Crippen LogP contribution in [0.2, 0.25) is 0 Å². The zero-order chi connectivity index (χ0) is 12.6. The van der Waals surface area contributed by atoms with Gasteiger partial charge >= 0.3 is 0 Å². The highest BCUT2D eigenvalue weighted by molar-refractivity contribution is 9.10. The van der Waals surface area contributed by atoms with Crippen LogP contribution in [0.15, 0.2) is 16.7 Å². The Bertz CT molecular complexity index is 401. The number of aromatic nitrogens is 1. The molecule has 1 fully saturated rings. The molecule has 1 aliphatic rings. The van der Waals surface area contributed by atoms with Gasteiger partial charge in [0.15, 0.2) is 11.6 Å². The van der Waals surface area contributed by atoms with Gasteiger partial charge in [0.2, 0.25) is 0 Å². The number of anilines is 1. The highest BCUT2D eigenvalue weighted by Crippen LogP contribution is 2.24. The number of hydrogen-bond acceptors (Lipinski definition) is 3. The Labute approximate surface area is 110 Å². The number of nitrogens with zero attached hydrogens (tertiary/aromatic N) is 3. The van der Waals surface area contributed by atoms with Crippen molar-refractivity contribution in [2.24, 2.45) is 0 Å². The van der Waals surface area contributed by atoms with Gasteiger partial charge in [-0.25, -0.2) is 9.37 Å². The molecule has 17 heavy (non-hydrogen) atoms. The smallest absolute Gasteiger partial charge is 0.166 e. The molecule has 0 aromatic carbocycles. The van der Waals surface area contributed by atoms with E-state index in [-0.39, 0.29) is 5.82 Å². The Balaban J connectivity index is 2.23. The molecule has 1 aliphatic heterocycles. The Morgan fingerprint density at radius 1 is 1.35 bits per heavy atom. The molecule has 5 heteroatoms. The maximum absolute atomic E-state index is 13.8. The van der Waals surface area contributed by atoms with Crippen molar-refractivity contribution >= 4 is 21.7 Å². The number of pyridine rings is 1. The van der Waals surface area contributed by atoms with E-state index in [2.05, 4.69) is 46.7 Å². The molecule has 0 saturated carbocycles. The van der Waals surface area contributed by atoms with Crippen molar-refractivity contribution in [2.45, 2.75) is 25.9 Å². The van der Waals surface area contributed by atoms with Crippen molar-refractivity contribution in [3.8, 4) is 0 Å². The van der Waals surface area contributed by atoms with Crippen LogP contribution < -0.4 is 4.90 Å². The summed E-state index contributed by atoms with van der Waals surface area (Å²) in [5.41, 5.74) is 0. The Morgan fingerprint density at radius 2 is 1.94 bits per heavy atom. The van der Waals surface area contributed by atoms with Gasteiger partial charge < -0.3 is 4.90 Å². The molecule has 1 saturated heterocycles. The Kier molecular flexibility index (Phi) is 3.68. The van der Waals surface area contributed by atoms with Gasteiger partial charge in [-0.2, -0.15) is 0 Å². The first kappa shape index (κ1) is 12.8. The lowest BCUT2D eigenvalue weighted by atomic mass is 10.1. The molecule has 1 aromatic rings. The van der Waals surface area contributed by atoms with Crippen molar-refractivity contribution in [3.05, 3.63) is 22.6 Å². The van der Waals surface area contributed by atoms with Gasteiger partial charge in [-0.3, -0.25) is 4.90 Å². The topological polar surface area (TPSA) is 19.4 Å². The summed E-state index contributed by atoms with van der Waals surface area (Å²) in [5.74, 6) is 0.198. The lowest BCUT2D eigenvalue weighted by Gasteiger charge is -2.43. The second kappa shape index (κ2) is 4.90. The summed E-state index contributed by atoms with van der Waals surface area (Å²) in [6.45, 7) is 5.93. The lowest BCUT2D eigenvalue weighted by Crippen LogP contribution is -2.55. The zero-order valence-corrected chi connectivity index (χ0v) is 11.9. The predicted octanol–water partition coefficient (Wildman–Crippen LogP) is 2.51. The summed E-state index contributed by atoms with van der Waals surface area (Å²) in [4.78, 5) is 8.52. The normalized spacial score (nSPS) is 26.3. The van der Waals surface area contributed by atoms with Crippen LogP contribution in [0.1, 0.15) is 13.8 Å². The second-order valence-corrected chi connectivity index (χ2v) is 5.64. The van der Waals surface area contributed by atoms with E-state index in [0.29, 0.717) is 22.4 Å². The van der Waals surface area contributed by atoms with Crippen LogP contribution in [0.5, 0.6) is 0 Å². The highest BCUT2D eigenvalue weighted by atomic mass is 79.9. The molecule has 0 radical (unpaired) electrons. The molecule has 3 nitrogen and oxygen atoms in total. The largest absolute Gasteiger partial charge is 0.351 e. The van der Waals surface area contributed by atoms with Gasteiger partial charge in [0.05, 0.1) is 0 Å². The van der Waals surface area contributed by atoms with Crippen molar-refractivity contribution < 1.29 is 4.39 Å². The summed E-state index contributed by atoms with van der Waals surface area (Å²) in [7, 11) is 2.11. The molecule has 2 rings (SSSR count). The minimum atomic E-state index is -0.261. The summed E-state index contributed by atoms with van der Waals surface area (Å²) in [6.07, 6.45) is 1.64. The third kappa shape index (κ3) is 2.60. The number of piperazine rings is 1. The van der Waals surface area contributed by atoms with E-state index >= 15 is 0 Å². The van der Waals surface area contributed by atoms with Crippen LogP contribution in [0, 0.1) is 5.82 Å². The first-order valence-electron chi connectivity index (χ1n) is 5.77. The average molecular weight is 302 g/mol. The maximum Gasteiger partial charge on any atom is 0.166 e. The molecule has 0 aliphatic carbocycles. The number of hydrogen-bond donors (Lipinski definition) is 0. The molecule has 1 aromatic heterocycles. The second-order valence-electron chi connectivity index (χ2n) is 4.73. The van der Waals surface area contributed by atoms with Gasteiger partial charge in [-0.1, -0.05) is 0 Å². The van der Waals surface area contributed by atoms with Gasteiger partial charge in [-0.05, 0) is 42.9 Å². The lowest BCUT2D eigenvalue weighted by molar-refractivity contribution is 0.169. The minimum absolute atomic E-state index is 0.261. The molecule has 94 valence electrons. The third-order valence-corrected chi connectivity index (χ3v) is 3.88. The van der Waals surface area contributed by atoms with Crippen LogP contribution in [-0.2, 0) is 0 Å². The fourth-order valence-electron chi connectivity index (χ4n) is 2.22. The van der Waals surface area contributed by atoms with E-state index in [4.69, 9.17) is 0 Å². The third-order valence-electron chi connectivity index (χ3n) is 3.45. The molecule has 2 heterocycles. The van der Waals surface area contributed by atoms with E-state index in [1.807, 2.05) is 4.90 Å². The van der Waals surface area contributed by atoms with E-state index < -0.39 is 0 Å². The van der Waals surface area contributed by atoms with Crippen LogP contribution >= 0.6 is 15.9 Å². The van der Waals surface area contributed by atoms with Crippen molar-refractivity contribution in [1.29, 1.82) is 0 Å². The Morgan fingerprint density at radius 3 is 2.47 bits per heavy atom. The monoisotopic (exact) mass is 301 g/mol. The van der Waals surface area contributed by atoms with E-state index in [0.717, 1.165) is 13.1 Å².